The van der Waals surface area contributed by atoms with Crippen molar-refractivity contribution >= 4 is 0 Å². The lowest BCUT2D eigenvalue weighted by atomic mass is 9.96. The molecule has 15 heavy (non-hydrogen) atoms. The number of nitrogens with two attached hydrogens (primary N) is 1. The number of nitrogens with zero attached hydrogens (tertiary/aromatic N) is 2. The van der Waals surface area contributed by atoms with E-state index in [1.807, 2.05) is 10.9 Å². The molecule has 1 heterocycles. The summed E-state index contributed by atoms with van der Waals surface area (Å²) in [4.78, 5) is 0. The van der Waals surface area contributed by atoms with Gasteiger partial charge in [0.25, 0.3) is 0 Å². The van der Waals surface area contributed by atoms with Crippen LogP contribution >= 0.6 is 0 Å². The summed E-state index contributed by atoms with van der Waals surface area (Å²) in [5, 5.41) is 4.25. The fraction of sp³-hybridized carbons (Fsp3) is 0.750. The zero-order valence-corrected chi connectivity index (χ0v) is 10.1. The zero-order valence-electron chi connectivity index (χ0n) is 10.1. The van der Waals surface area contributed by atoms with E-state index in [1.54, 1.807) is 0 Å². The standard InChI is InChI=1S/C12H23N3/c1-4-10(3)6-12(13)7-11-8-14-15(5-2)9-11/h8-10,12H,4-7,13H2,1-3H3. The predicted octanol–water partition coefficient (Wildman–Crippen LogP) is 2.21. The second kappa shape index (κ2) is 5.91. The maximum atomic E-state index is 6.10. The van der Waals surface area contributed by atoms with Crippen LogP contribution in [0.5, 0.6) is 0 Å². The molecule has 86 valence electrons. The average Bonchev–Trinajstić information content (AvgIpc) is 2.65. The van der Waals surface area contributed by atoms with E-state index >= 15 is 0 Å². The largest absolute Gasteiger partial charge is 0.327 e. The Bertz CT molecular complexity index is 280. The van der Waals surface area contributed by atoms with Gasteiger partial charge in [-0.1, -0.05) is 20.3 Å². The summed E-state index contributed by atoms with van der Waals surface area (Å²) in [6, 6.07) is 0.273. The van der Waals surface area contributed by atoms with Crippen LogP contribution in [0.4, 0.5) is 0 Å². The van der Waals surface area contributed by atoms with E-state index in [-0.39, 0.29) is 6.04 Å². The smallest absolute Gasteiger partial charge is 0.0522 e. The third-order valence-electron chi connectivity index (χ3n) is 2.91. The summed E-state index contributed by atoms with van der Waals surface area (Å²) in [5.41, 5.74) is 7.35. The van der Waals surface area contributed by atoms with Gasteiger partial charge < -0.3 is 5.73 Å². The average molecular weight is 209 g/mol. The first kappa shape index (κ1) is 12.2. The molecule has 3 heteroatoms. The third-order valence-corrected chi connectivity index (χ3v) is 2.91. The van der Waals surface area contributed by atoms with Gasteiger partial charge in [-0.25, -0.2) is 0 Å². The highest BCUT2D eigenvalue weighted by atomic mass is 15.3. The molecule has 0 radical (unpaired) electrons. The SMILES string of the molecule is CCC(C)CC(N)Cc1cnn(CC)c1. The molecule has 3 nitrogen and oxygen atoms in total. The van der Waals surface area contributed by atoms with Crippen LogP contribution in [0.15, 0.2) is 12.4 Å². The van der Waals surface area contributed by atoms with Crippen molar-refractivity contribution in [3.8, 4) is 0 Å². The molecule has 2 N–H and O–H groups in total. The molecular weight excluding hydrogens is 186 g/mol. The first-order valence-electron chi connectivity index (χ1n) is 5.92. The molecule has 0 aliphatic rings. The first-order valence-corrected chi connectivity index (χ1v) is 5.92. The quantitative estimate of drug-likeness (QED) is 0.780. The first-order chi connectivity index (χ1) is 7.15. The van der Waals surface area contributed by atoms with Gasteiger partial charge in [0.05, 0.1) is 6.20 Å². The Labute approximate surface area is 92.7 Å². The van der Waals surface area contributed by atoms with Crippen LogP contribution in [0.2, 0.25) is 0 Å². The molecule has 0 saturated heterocycles. The molecule has 2 atom stereocenters. The number of rotatable bonds is 6. The topological polar surface area (TPSA) is 43.8 Å². The summed E-state index contributed by atoms with van der Waals surface area (Å²) in [7, 11) is 0. The van der Waals surface area contributed by atoms with E-state index in [4.69, 9.17) is 5.73 Å². The van der Waals surface area contributed by atoms with Crippen molar-refractivity contribution in [3.05, 3.63) is 18.0 Å². The second-order valence-corrected chi connectivity index (χ2v) is 4.42. The Morgan fingerprint density at radius 2 is 2.20 bits per heavy atom. The molecule has 2 unspecified atom stereocenters. The van der Waals surface area contributed by atoms with Gasteiger partial charge in [-0.2, -0.15) is 5.10 Å². The van der Waals surface area contributed by atoms with Gasteiger partial charge in [-0.05, 0) is 31.2 Å². The molecule has 1 aromatic rings. The number of hydrogen-bond donors (Lipinski definition) is 1. The van der Waals surface area contributed by atoms with E-state index in [0.29, 0.717) is 0 Å². The summed E-state index contributed by atoms with van der Waals surface area (Å²) >= 11 is 0. The third kappa shape index (κ3) is 4.04. The van der Waals surface area contributed by atoms with Gasteiger partial charge in [0.1, 0.15) is 0 Å². The van der Waals surface area contributed by atoms with Crippen molar-refractivity contribution in [2.24, 2.45) is 11.7 Å². The molecule has 0 aliphatic heterocycles. The van der Waals surface area contributed by atoms with Crippen LogP contribution in [0.3, 0.4) is 0 Å². The van der Waals surface area contributed by atoms with Gasteiger partial charge in [0.2, 0.25) is 0 Å². The summed E-state index contributed by atoms with van der Waals surface area (Å²) in [6.45, 7) is 7.50. The van der Waals surface area contributed by atoms with Crippen molar-refractivity contribution in [3.63, 3.8) is 0 Å². The minimum atomic E-state index is 0.273. The van der Waals surface area contributed by atoms with E-state index in [1.165, 1.54) is 12.0 Å². The van der Waals surface area contributed by atoms with Crippen molar-refractivity contribution in [1.82, 2.24) is 9.78 Å². The highest BCUT2D eigenvalue weighted by Gasteiger charge is 2.09. The number of aromatic nitrogens is 2. The van der Waals surface area contributed by atoms with Crippen LogP contribution in [0.1, 0.15) is 39.2 Å². The highest BCUT2D eigenvalue weighted by Crippen LogP contribution is 2.12. The Balaban J connectivity index is 2.40. The Morgan fingerprint density at radius 1 is 1.47 bits per heavy atom. The van der Waals surface area contributed by atoms with Crippen LogP contribution in [-0.4, -0.2) is 15.8 Å². The number of hydrogen-bond acceptors (Lipinski definition) is 2. The predicted molar refractivity (Wildman–Crippen MR) is 63.7 cm³/mol. The van der Waals surface area contributed by atoms with Gasteiger partial charge >= 0.3 is 0 Å². The fourth-order valence-electron chi connectivity index (χ4n) is 1.75. The maximum absolute atomic E-state index is 6.10. The lowest BCUT2D eigenvalue weighted by molar-refractivity contribution is 0.450. The summed E-state index contributed by atoms with van der Waals surface area (Å²) in [5.74, 6) is 0.723. The Kier molecular flexibility index (Phi) is 4.82. The van der Waals surface area contributed by atoms with Crippen LogP contribution in [0, 0.1) is 5.92 Å². The van der Waals surface area contributed by atoms with Gasteiger partial charge in [-0.3, -0.25) is 4.68 Å². The maximum Gasteiger partial charge on any atom is 0.0522 e. The van der Waals surface area contributed by atoms with Crippen LogP contribution < -0.4 is 5.73 Å². The lowest BCUT2D eigenvalue weighted by Gasteiger charge is -2.14. The molecule has 0 aliphatic carbocycles. The van der Waals surface area contributed by atoms with E-state index < -0.39 is 0 Å². The molecule has 0 fully saturated rings. The van der Waals surface area contributed by atoms with Crippen LogP contribution in [0.25, 0.3) is 0 Å². The van der Waals surface area contributed by atoms with Gasteiger partial charge in [0, 0.05) is 18.8 Å². The molecule has 0 bridgehead atoms. The normalized spacial score (nSPS) is 15.2. The van der Waals surface area contributed by atoms with Crippen molar-refractivity contribution < 1.29 is 0 Å². The fourth-order valence-corrected chi connectivity index (χ4v) is 1.75. The molecule has 0 spiro atoms. The monoisotopic (exact) mass is 209 g/mol. The van der Waals surface area contributed by atoms with Crippen molar-refractivity contribution in [2.45, 2.75) is 52.6 Å². The summed E-state index contributed by atoms with van der Waals surface area (Å²) < 4.78 is 1.95. The van der Waals surface area contributed by atoms with Crippen LogP contribution in [-0.2, 0) is 13.0 Å². The minimum absolute atomic E-state index is 0.273. The summed E-state index contributed by atoms with van der Waals surface area (Å²) in [6.07, 6.45) is 7.29. The van der Waals surface area contributed by atoms with E-state index in [0.717, 1.165) is 25.3 Å². The lowest BCUT2D eigenvalue weighted by Crippen LogP contribution is -2.25. The molecule has 1 aromatic heterocycles. The van der Waals surface area contributed by atoms with Gasteiger partial charge in [0.15, 0.2) is 0 Å². The molecular formula is C12H23N3. The molecule has 0 aromatic carbocycles. The zero-order chi connectivity index (χ0) is 11.3. The minimum Gasteiger partial charge on any atom is -0.327 e. The molecule has 0 saturated carbocycles. The van der Waals surface area contributed by atoms with E-state index in [9.17, 15) is 0 Å². The Hall–Kier alpha value is -0.830. The van der Waals surface area contributed by atoms with E-state index in [2.05, 4.69) is 32.1 Å². The molecule has 0 amide bonds. The van der Waals surface area contributed by atoms with Crippen molar-refractivity contribution in [1.29, 1.82) is 0 Å². The second-order valence-electron chi connectivity index (χ2n) is 4.42. The van der Waals surface area contributed by atoms with Gasteiger partial charge in [-0.15, -0.1) is 0 Å². The number of aryl methyl sites for hydroxylation is 1. The molecule has 1 rings (SSSR count). The van der Waals surface area contributed by atoms with Crippen molar-refractivity contribution in [2.75, 3.05) is 0 Å². The Morgan fingerprint density at radius 3 is 2.73 bits per heavy atom. The highest BCUT2D eigenvalue weighted by molar-refractivity contribution is 5.05.